The van der Waals surface area contributed by atoms with Crippen LogP contribution >= 0.6 is 0 Å². The Balaban J connectivity index is 2.81. The van der Waals surface area contributed by atoms with Gasteiger partial charge in [-0.3, -0.25) is 0 Å². The van der Waals surface area contributed by atoms with Crippen LogP contribution in [0.1, 0.15) is 29.3 Å². The Hall–Kier alpha value is -1.35. The number of aryl methyl sites for hydroxylation is 1. The third-order valence-corrected chi connectivity index (χ3v) is 2.25. The van der Waals surface area contributed by atoms with Gasteiger partial charge in [-0.2, -0.15) is 0 Å². The van der Waals surface area contributed by atoms with E-state index in [0.717, 1.165) is 5.56 Å². The topological polar surface area (TPSA) is 46.5 Å². The first kappa shape index (κ1) is 11.7. The van der Waals surface area contributed by atoms with Gasteiger partial charge in [-0.25, -0.2) is 4.79 Å². The molecule has 1 rings (SSSR count). The first-order valence-electron chi connectivity index (χ1n) is 4.99. The fraction of sp³-hybridized carbons (Fsp3) is 0.417. The Labute approximate surface area is 89.7 Å². The quantitative estimate of drug-likeness (QED) is 0.767. The van der Waals surface area contributed by atoms with E-state index < -0.39 is 0 Å². The molecule has 0 amide bonds. The highest BCUT2D eigenvalue weighted by atomic mass is 16.5. The third-order valence-electron chi connectivity index (χ3n) is 2.25. The van der Waals surface area contributed by atoms with Gasteiger partial charge in [0.05, 0.1) is 18.8 Å². The van der Waals surface area contributed by atoms with Gasteiger partial charge in [0.25, 0.3) is 0 Å². The lowest BCUT2D eigenvalue weighted by Gasteiger charge is -2.08. The van der Waals surface area contributed by atoms with Crippen molar-refractivity contribution in [3.63, 3.8) is 0 Å². The van der Waals surface area contributed by atoms with E-state index in [2.05, 4.69) is 4.74 Å². The van der Waals surface area contributed by atoms with Crippen LogP contribution in [0.4, 0.5) is 0 Å². The molecule has 1 N–H and O–H groups in total. The summed E-state index contributed by atoms with van der Waals surface area (Å²) in [5.74, 6) is -0.323. The average Bonchev–Trinajstić information content (AvgIpc) is 2.25. The van der Waals surface area contributed by atoms with E-state index >= 15 is 0 Å². The first-order valence-corrected chi connectivity index (χ1v) is 4.99. The Bertz CT molecular complexity index is 331. The molecule has 0 aliphatic rings. The molecule has 0 bridgehead atoms. The maximum atomic E-state index is 11.4. The first-order chi connectivity index (χ1) is 7.15. The zero-order valence-corrected chi connectivity index (χ0v) is 9.06. The van der Waals surface area contributed by atoms with Gasteiger partial charge in [0.2, 0.25) is 0 Å². The van der Waals surface area contributed by atoms with Crippen molar-refractivity contribution in [2.24, 2.45) is 0 Å². The van der Waals surface area contributed by atoms with Gasteiger partial charge in [-0.05, 0) is 31.4 Å². The van der Waals surface area contributed by atoms with Crippen LogP contribution in [0.25, 0.3) is 0 Å². The number of esters is 1. The summed E-state index contributed by atoms with van der Waals surface area (Å²) in [7, 11) is 1.37. The molecule has 3 heteroatoms. The van der Waals surface area contributed by atoms with E-state index in [-0.39, 0.29) is 12.1 Å². The van der Waals surface area contributed by atoms with Crippen LogP contribution in [0.15, 0.2) is 24.3 Å². The highest BCUT2D eigenvalue weighted by Gasteiger charge is 2.10. The van der Waals surface area contributed by atoms with Crippen molar-refractivity contribution in [1.29, 1.82) is 0 Å². The van der Waals surface area contributed by atoms with Crippen molar-refractivity contribution in [2.75, 3.05) is 7.11 Å². The molecule has 0 aliphatic carbocycles. The van der Waals surface area contributed by atoms with Crippen molar-refractivity contribution in [3.05, 3.63) is 35.4 Å². The fourth-order valence-electron chi connectivity index (χ4n) is 1.41. The molecule has 0 aromatic heterocycles. The van der Waals surface area contributed by atoms with Crippen LogP contribution in [0.5, 0.6) is 0 Å². The molecule has 0 saturated heterocycles. The maximum Gasteiger partial charge on any atom is 0.338 e. The molecular formula is C12H16O3. The number of aliphatic hydroxyl groups excluding tert-OH is 1. The standard InChI is InChI=1S/C12H16O3/c1-9(13)7-8-10-5-3-4-6-11(10)12(14)15-2/h3-6,9,13H,7-8H2,1-2H3/t9-/m1/s1. The summed E-state index contributed by atoms with van der Waals surface area (Å²) in [6, 6.07) is 7.31. The number of methoxy groups -OCH3 is 1. The lowest BCUT2D eigenvalue weighted by atomic mass is 10.0. The molecule has 0 fully saturated rings. The van der Waals surface area contributed by atoms with Crippen molar-refractivity contribution in [1.82, 2.24) is 0 Å². The molecule has 15 heavy (non-hydrogen) atoms. The van der Waals surface area contributed by atoms with E-state index in [1.807, 2.05) is 12.1 Å². The van der Waals surface area contributed by atoms with Gasteiger partial charge < -0.3 is 9.84 Å². The van der Waals surface area contributed by atoms with Crippen LogP contribution in [0.3, 0.4) is 0 Å². The number of ether oxygens (including phenoxy) is 1. The largest absolute Gasteiger partial charge is 0.465 e. The van der Waals surface area contributed by atoms with Crippen LogP contribution < -0.4 is 0 Å². The Morgan fingerprint density at radius 1 is 1.47 bits per heavy atom. The number of carbonyl (C=O) groups is 1. The average molecular weight is 208 g/mol. The van der Waals surface area contributed by atoms with E-state index in [1.165, 1.54) is 7.11 Å². The number of rotatable bonds is 4. The summed E-state index contributed by atoms with van der Waals surface area (Å²) < 4.78 is 4.68. The summed E-state index contributed by atoms with van der Waals surface area (Å²) in [6.45, 7) is 1.74. The molecule has 0 radical (unpaired) electrons. The molecule has 0 saturated carbocycles. The summed E-state index contributed by atoms with van der Waals surface area (Å²) in [5, 5.41) is 9.18. The highest BCUT2D eigenvalue weighted by Crippen LogP contribution is 2.13. The van der Waals surface area contributed by atoms with E-state index in [1.54, 1.807) is 19.1 Å². The SMILES string of the molecule is COC(=O)c1ccccc1CC[C@@H](C)O. The van der Waals surface area contributed by atoms with Gasteiger partial charge in [0, 0.05) is 0 Å². The van der Waals surface area contributed by atoms with Crippen molar-refractivity contribution in [2.45, 2.75) is 25.9 Å². The molecule has 0 aliphatic heterocycles. The molecule has 1 aromatic carbocycles. The fourth-order valence-corrected chi connectivity index (χ4v) is 1.41. The van der Waals surface area contributed by atoms with Crippen LogP contribution in [-0.2, 0) is 11.2 Å². The van der Waals surface area contributed by atoms with Gasteiger partial charge in [-0.1, -0.05) is 18.2 Å². The minimum absolute atomic E-state index is 0.323. The molecule has 1 atom stereocenters. The second-order valence-corrected chi connectivity index (χ2v) is 3.54. The summed E-state index contributed by atoms with van der Waals surface area (Å²) in [5.41, 5.74) is 1.51. The van der Waals surface area contributed by atoms with Crippen LogP contribution in [0, 0.1) is 0 Å². The molecule has 82 valence electrons. The van der Waals surface area contributed by atoms with Gasteiger partial charge in [-0.15, -0.1) is 0 Å². The molecule has 0 spiro atoms. The summed E-state index contributed by atoms with van der Waals surface area (Å²) >= 11 is 0. The summed E-state index contributed by atoms with van der Waals surface area (Å²) in [6.07, 6.45) is 0.979. The van der Waals surface area contributed by atoms with E-state index in [0.29, 0.717) is 18.4 Å². The number of benzene rings is 1. The Morgan fingerprint density at radius 3 is 2.73 bits per heavy atom. The minimum atomic E-state index is -0.351. The predicted molar refractivity (Wildman–Crippen MR) is 57.8 cm³/mol. The van der Waals surface area contributed by atoms with Crippen molar-refractivity contribution < 1.29 is 14.6 Å². The van der Waals surface area contributed by atoms with E-state index in [9.17, 15) is 9.90 Å². The van der Waals surface area contributed by atoms with Gasteiger partial charge in [0.1, 0.15) is 0 Å². The lowest BCUT2D eigenvalue weighted by molar-refractivity contribution is 0.0599. The molecule has 0 heterocycles. The van der Waals surface area contributed by atoms with E-state index in [4.69, 9.17) is 0 Å². The van der Waals surface area contributed by atoms with Crippen molar-refractivity contribution in [3.8, 4) is 0 Å². The summed E-state index contributed by atoms with van der Waals surface area (Å²) in [4.78, 5) is 11.4. The van der Waals surface area contributed by atoms with Gasteiger partial charge >= 0.3 is 5.97 Å². The monoisotopic (exact) mass is 208 g/mol. The number of aliphatic hydroxyl groups is 1. The Kier molecular flexibility index (Phi) is 4.31. The second-order valence-electron chi connectivity index (χ2n) is 3.54. The minimum Gasteiger partial charge on any atom is -0.465 e. The number of hydrogen-bond donors (Lipinski definition) is 1. The zero-order chi connectivity index (χ0) is 11.3. The predicted octanol–water partition coefficient (Wildman–Crippen LogP) is 1.79. The molecule has 0 unspecified atom stereocenters. The highest BCUT2D eigenvalue weighted by molar-refractivity contribution is 5.90. The zero-order valence-electron chi connectivity index (χ0n) is 9.06. The number of hydrogen-bond acceptors (Lipinski definition) is 3. The second kappa shape index (κ2) is 5.51. The molecule has 3 nitrogen and oxygen atoms in total. The molecule has 1 aromatic rings. The molecular weight excluding hydrogens is 192 g/mol. The van der Waals surface area contributed by atoms with Gasteiger partial charge in [0.15, 0.2) is 0 Å². The normalized spacial score (nSPS) is 12.2. The number of carbonyl (C=O) groups excluding carboxylic acids is 1. The van der Waals surface area contributed by atoms with Crippen molar-refractivity contribution >= 4 is 5.97 Å². The smallest absolute Gasteiger partial charge is 0.338 e. The third kappa shape index (κ3) is 3.36. The van der Waals surface area contributed by atoms with Crippen LogP contribution in [-0.4, -0.2) is 24.3 Å². The maximum absolute atomic E-state index is 11.4. The lowest BCUT2D eigenvalue weighted by Crippen LogP contribution is -2.08. The Morgan fingerprint density at radius 2 is 2.13 bits per heavy atom. The van der Waals surface area contributed by atoms with Crippen LogP contribution in [0.2, 0.25) is 0 Å².